The molecule has 0 spiro atoms. The molecule has 0 rings (SSSR count). The molecule has 0 atom stereocenters. The van der Waals surface area contributed by atoms with Gasteiger partial charge in [0.25, 0.3) is 0 Å². The molecule has 0 unspecified atom stereocenters. The van der Waals surface area contributed by atoms with E-state index in [2.05, 4.69) is 15.5 Å². The van der Waals surface area contributed by atoms with Crippen molar-refractivity contribution < 1.29 is 4.79 Å². The van der Waals surface area contributed by atoms with Crippen molar-refractivity contribution in [1.29, 1.82) is 0 Å². The van der Waals surface area contributed by atoms with E-state index in [9.17, 15) is 4.79 Å². The molecule has 96 valence electrons. The Bertz CT molecular complexity index is 175. The first-order valence-electron chi connectivity index (χ1n) is 6.00. The maximum atomic E-state index is 11.4. The second-order valence-electron chi connectivity index (χ2n) is 4.00. The highest BCUT2D eigenvalue weighted by Gasteiger charge is 2.03. The van der Waals surface area contributed by atoms with E-state index in [1.165, 1.54) is 0 Å². The summed E-state index contributed by atoms with van der Waals surface area (Å²) in [6.45, 7) is 4.17. The topological polar surface area (TPSA) is 70.4 Å². The highest BCUT2D eigenvalue weighted by Crippen LogP contribution is 1.89. The van der Waals surface area contributed by atoms with Crippen LogP contribution in [0.2, 0.25) is 0 Å². The highest BCUT2D eigenvalue weighted by molar-refractivity contribution is 5.75. The first-order valence-corrected chi connectivity index (χ1v) is 6.00. The van der Waals surface area contributed by atoms with Gasteiger partial charge in [-0.1, -0.05) is 0 Å². The zero-order valence-corrected chi connectivity index (χ0v) is 10.6. The standard InChI is InChI=1S/C11H26N4O/c1-13-7-4-8-14-11(16)5-10-15(2)9-3-6-12/h13H,3-10,12H2,1-2H3,(H,14,16). The summed E-state index contributed by atoms with van der Waals surface area (Å²) in [5, 5.41) is 5.94. The van der Waals surface area contributed by atoms with Gasteiger partial charge in [-0.2, -0.15) is 0 Å². The number of hydrogen-bond acceptors (Lipinski definition) is 4. The molecule has 4 N–H and O–H groups in total. The van der Waals surface area contributed by atoms with Crippen molar-refractivity contribution in [3.8, 4) is 0 Å². The van der Waals surface area contributed by atoms with Crippen LogP contribution in [-0.2, 0) is 4.79 Å². The van der Waals surface area contributed by atoms with Crippen LogP contribution in [-0.4, -0.2) is 57.6 Å². The minimum atomic E-state index is 0.135. The van der Waals surface area contributed by atoms with E-state index in [4.69, 9.17) is 5.73 Å². The van der Waals surface area contributed by atoms with Crippen LogP contribution < -0.4 is 16.4 Å². The van der Waals surface area contributed by atoms with Crippen molar-refractivity contribution in [2.24, 2.45) is 5.73 Å². The van der Waals surface area contributed by atoms with Crippen molar-refractivity contribution in [1.82, 2.24) is 15.5 Å². The normalized spacial score (nSPS) is 10.8. The molecule has 0 aromatic rings. The van der Waals surface area contributed by atoms with Crippen molar-refractivity contribution in [3.63, 3.8) is 0 Å². The van der Waals surface area contributed by atoms with Gasteiger partial charge in [0.15, 0.2) is 0 Å². The molecule has 16 heavy (non-hydrogen) atoms. The quantitative estimate of drug-likeness (QED) is 0.438. The molecule has 1 amide bonds. The number of nitrogens with two attached hydrogens (primary N) is 1. The third-order valence-corrected chi connectivity index (χ3v) is 2.39. The van der Waals surface area contributed by atoms with Crippen LogP contribution in [0.4, 0.5) is 0 Å². The van der Waals surface area contributed by atoms with Gasteiger partial charge >= 0.3 is 0 Å². The zero-order valence-electron chi connectivity index (χ0n) is 10.6. The van der Waals surface area contributed by atoms with Gasteiger partial charge in [-0.25, -0.2) is 0 Å². The third kappa shape index (κ3) is 9.89. The van der Waals surface area contributed by atoms with Crippen LogP contribution in [0, 0.1) is 0 Å². The van der Waals surface area contributed by atoms with Crippen molar-refractivity contribution in [2.75, 3.05) is 46.8 Å². The summed E-state index contributed by atoms with van der Waals surface area (Å²) in [6.07, 6.45) is 2.53. The summed E-state index contributed by atoms with van der Waals surface area (Å²) in [6, 6.07) is 0. The van der Waals surface area contributed by atoms with E-state index in [0.29, 0.717) is 13.0 Å². The second-order valence-corrected chi connectivity index (χ2v) is 4.00. The Morgan fingerprint density at radius 1 is 1.25 bits per heavy atom. The number of rotatable bonds is 10. The molecule has 0 saturated carbocycles. The Kier molecular flexibility index (Phi) is 10.4. The van der Waals surface area contributed by atoms with E-state index < -0.39 is 0 Å². The zero-order chi connectivity index (χ0) is 12.2. The number of amides is 1. The van der Waals surface area contributed by atoms with Crippen molar-refractivity contribution in [3.05, 3.63) is 0 Å². The lowest BCUT2D eigenvalue weighted by Gasteiger charge is -2.15. The molecule has 0 bridgehead atoms. The fraction of sp³-hybridized carbons (Fsp3) is 0.909. The average molecular weight is 230 g/mol. The van der Waals surface area contributed by atoms with Gasteiger partial charge in [0.1, 0.15) is 0 Å². The van der Waals surface area contributed by atoms with Gasteiger partial charge in [-0.15, -0.1) is 0 Å². The molecule has 5 nitrogen and oxygen atoms in total. The van der Waals surface area contributed by atoms with Crippen molar-refractivity contribution >= 4 is 5.91 Å². The lowest BCUT2D eigenvalue weighted by molar-refractivity contribution is -0.121. The largest absolute Gasteiger partial charge is 0.356 e. The number of carbonyl (C=O) groups excluding carboxylic acids is 1. The van der Waals surface area contributed by atoms with Crippen LogP contribution in [0.1, 0.15) is 19.3 Å². The molecule has 0 aromatic heterocycles. The fourth-order valence-electron chi connectivity index (χ4n) is 1.35. The maximum absolute atomic E-state index is 11.4. The predicted molar refractivity (Wildman–Crippen MR) is 67.3 cm³/mol. The summed E-state index contributed by atoms with van der Waals surface area (Å²) < 4.78 is 0. The summed E-state index contributed by atoms with van der Waals surface area (Å²) in [5.41, 5.74) is 5.42. The lowest BCUT2D eigenvalue weighted by atomic mass is 10.3. The smallest absolute Gasteiger partial charge is 0.221 e. The van der Waals surface area contributed by atoms with Gasteiger partial charge in [-0.05, 0) is 46.6 Å². The number of hydrogen-bond donors (Lipinski definition) is 3. The molecular weight excluding hydrogens is 204 g/mol. The van der Waals surface area contributed by atoms with Gasteiger partial charge in [0, 0.05) is 19.5 Å². The molecule has 0 aliphatic rings. The number of nitrogens with one attached hydrogen (secondary N) is 2. The predicted octanol–water partition coefficient (Wildman–Crippen LogP) is -0.617. The van der Waals surface area contributed by atoms with Crippen LogP contribution >= 0.6 is 0 Å². The van der Waals surface area contributed by atoms with E-state index in [1.807, 2.05) is 14.1 Å². The van der Waals surface area contributed by atoms with Gasteiger partial charge < -0.3 is 21.3 Å². The molecule has 0 heterocycles. The number of nitrogens with zero attached hydrogens (tertiary/aromatic N) is 1. The molecule has 5 heteroatoms. The van der Waals surface area contributed by atoms with E-state index >= 15 is 0 Å². The summed E-state index contributed by atoms with van der Waals surface area (Å²) in [4.78, 5) is 13.5. The first kappa shape index (κ1) is 15.3. The molecule has 0 radical (unpaired) electrons. The van der Waals surface area contributed by atoms with Crippen LogP contribution in [0.5, 0.6) is 0 Å². The molecule has 0 saturated heterocycles. The third-order valence-electron chi connectivity index (χ3n) is 2.39. The SMILES string of the molecule is CNCCCNC(=O)CCN(C)CCCN. The Hall–Kier alpha value is -0.650. The summed E-state index contributed by atoms with van der Waals surface area (Å²) in [7, 11) is 3.93. The highest BCUT2D eigenvalue weighted by atomic mass is 16.1. The minimum Gasteiger partial charge on any atom is -0.356 e. The van der Waals surface area contributed by atoms with Crippen LogP contribution in [0.15, 0.2) is 0 Å². The van der Waals surface area contributed by atoms with Gasteiger partial charge in [0.05, 0.1) is 0 Å². The molecular formula is C11H26N4O. The second kappa shape index (κ2) is 10.9. The van der Waals surface area contributed by atoms with Crippen LogP contribution in [0.25, 0.3) is 0 Å². The molecule has 0 fully saturated rings. The Morgan fingerprint density at radius 3 is 2.62 bits per heavy atom. The minimum absolute atomic E-state index is 0.135. The summed E-state index contributed by atoms with van der Waals surface area (Å²) in [5.74, 6) is 0.135. The molecule has 0 aliphatic heterocycles. The number of carbonyl (C=O) groups is 1. The van der Waals surface area contributed by atoms with Gasteiger partial charge in [0.2, 0.25) is 5.91 Å². The van der Waals surface area contributed by atoms with Crippen LogP contribution in [0.3, 0.4) is 0 Å². The first-order chi connectivity index (χ1) is 7.70. The van der Waals surface area contributed by atoms with E-state index in [-0.39, 0.29) is 5.91 Å². The molecule has 0 aliphatic carbocycles. The maximum Gasteiger partial charge on any atom is 0.221 e. The monoisotopic (exact) mass is 230 g/mol. The van der Waals surface area contributed by atoms with E-state index in [0.717, 1.165) is 39.0 Å². The Labute approximate surface area is 98.7 Å². The molecule has 0 aromatic carbocycles. The summed E-state index contributed by atoms with van der Waals surface area (Å²) >= 11 is 0. The van der Waals surface area contributed by atoms with E-state index in [1.54, 1.807) is 0 Å². The Morgan fingerprint density at radius 2 is 2.00 bits per heavy atom. The van der Waals surface area contributed by atoms with Crippen molar-refractivity contribution in [2.45, 2.75) is 19.3 Å². The Balaban J connectivity index is 3.35. The van der Waals surface area contributed by atoms with Gasteiger partial charge in [-0.3, -0.25) is 4.79 Å². The lowest BCUT2D eigenvalue weighted by Crippen LogP contribution is -2.31. The fourth-order valence-corrected chi connectivity index (χ4v) is 1.35. The average Bonchev–Trinajstić information content (AvgIpc) is 2.29.